The lowest BCUT2D eigenvalue weighted by atomic mass is 9.74. The Morgan fingerprint density at radius 1 is 0.842 bits per heavy atom. The molecule has 0 saturated carbocycles. The molecule has 3 aromatic carbocycles. The van der Waals surface area contributed by atoms with Gasteiger partial charge in [-0.05, 0) is 41.7 Å². The fourth-order valence-electron chi connectivity index (χ4n) is 6.50. The number of carbonyl (C=O) groups is 3. The first-order chi connectivity index (χ1) is 18.5. The monoisotopic (exact) mass is 509 g/mol. The van der Waals surface area contributed by atoms with E-state index in [9.17, 15) is 14.4 Å². The van der Waals surface area contributed by atoms with Crippen molar-refractivity contribution < 1.29 is 19.1 Å². The summed E-state index contributed by atoms with van der Waals surface area (Å²) >= 11 is 0. The van der Waals surface area contributed by atoms with Crippen molar-refractivity contribution in [3.8, 4) is 5.75 Å². The van der Waals surface area contributed by atoms with E-state index >= 15 is 0 Å². The second-order valence-corrected chi connectivity index (χ2v) is 10.4. The number of nitrogens with one attached hydrogen (secondary N) is 1. The number of hydrogen-bond acceptors (Lipinski definition) is 5. The first-order valence-corrected chi connectivity index (χ1v) is 13.2. The number of methoxy groups -OCH3 is 1. The topological polar surface area (TPSA) is 79.0 Å². The average Bonchev–Trinajstić information content (AvgIpc) is 3.42. The maximum Gasteiger partial charge on any atom is 0.244 e. The number of ether oxygens (including phenoxy) is 1. The van der Waals surface area contributed by atoms with Crippen molar-refractivity contribution in [2.45, 2.75) is 37.5 Å². The maximum atomic E-state index is 14.3. The van der Waals surface area contributed by atoms with E-state index in [0.29, 0.717) is 19.5 Å². The van der Waals surface area contributed by atoms with Gasteiger partial charge in [0.05, 0.1) is 25.5 Å². The van der Waals surface area contributed by atoms with Gasteiger partial charge in [0.1, 0.15) is 11.3 Å². The minimum atomic E-state index is -1.12. The summed E-state index contributed by atoms with van der Waals surface area (Å²) in [6.45, 7) is 1.26. The second kappa shape index (κ2) is 9.72. The molecule has 3 amide bonds. The Labute approximate surface area is 222 Å². The third-order valence-electron chi connectivity index (χ3n) is 8.29. The summed E-state index contributed by atoms with van der Waals surface area (Å²) in [6.07, 6.45) is 1.27. The van der Waals surface area contributed by atoms with E-state index < -0.39 is 23.4 Å². The standard InChI is InChI=1S/C31H31N3O4/c1-38-24-15-13-22(14-16-24)19-33-18-8-17-31(30(33)37)26-25(27(32-31)23-11-6-3-7-12-23)28(35)34(29(26)36)20-21-9-4-2-5-10-21/h2-7,9-16,25-27,32H,8,17-20H2,1H3/t25-,26-,27-,31-/m1/s1. The predicted molar refractivity (Wildman–Crippen MR) is 142 cm³/mol. The largest absolute Gasteiger partial charge is 0.497 e. The lowest BCUT2D eigenvalue weighted by Crippen LogP contribution is -2.63. The van der Waals surface area contributed by atoms with Gasteiger partial charge in [-0.25, -0.2) is 0 Å². The van der Waals surface area contributed by atoms with Gasteiger partial charge in [0.2, 0.25) is 17.7 Å². The summed E-state index contributed by atoms with van der Waals surface area (Å²) in [5, 5.41) is 3.57. The second-order valence-electron chi connectivity index (χ2n) is 10.4. The summed E-state index contributed by atoms with van der Waals surface area (Å²) in [6, 6.07) is 26.5. The van der Waals surface area contributed by atoms with E-state index in [2.05, 4.69) is 5.32 Å². The molecule has 3 aliphatic rings. The molecule has 0 bridgehead atoms. The van der Waals surface area contributed by atoms with Gasteiger partial charge >= 0.3 is 0 Å². The minimum Gasteiger partial charge on any atom is -0.497 e. The average molecular weight is 510 g/mol. The first kappa shape index (κ1) is 24.4. The van der Waals surface area contributed by atoms with E-state index in [-0.39, 0.29) is 24.3 Å². The number of amides is 3. The molecule has 194 valence electrons. The van der Waals surface area contributed by atoms with Crippen LogP contribution < -0.4 is 10.1 Å². The molecular weight excluding hydrogens is 478 g/mol. The van der Waals surface area contributed by atoms with Crippen LogP contribution in [-0.2, 0) is 27.5 Å². The van der Waals surface area contributed by atoms with Gasteiger partial charge in [-0.15, -0.1) is 0 Å². The molecule has 1 spiro atoms. The summed E-state index contributed by atoms with van der Waals surface area (Å²) in [5.41, 5.74) is 1.68. The van der Waals surface area contributed by atoms with E-state index in [1.807, 2.05) is 89.8 Å². The van der Waals surface area contributed by atoms with Crippen molar-refractivity contribution >= 4 is 17.7 Å². The highest BCUT2D eigenvalue weighted by atomic mass is 16.5. The van der Waals surface area contributed by atoms with Crippen LogP contribution in [0.25, 0.3) is 0 Å². The molecule has 3 aliphatic heterocycles. The van der Waals surface area contributed by atoms with Crippen molar-refractivity contribution in [3.05, 3.63) is 102 Å². The number of fused-ring (bicyclic) bond motifs is 2. The van der Waals surface area contributed by atoms with Crippen LogP contribution in [0.1, 0.15) is 35.6 Å². The number of piperidine rings is 1. The highest BCUT2D eigenvalue weighted by Gasteiger charge is 2.68. The van der Waals surface area contributed by atoms with Gasteiger partial charge in [0, 0.05) is 19.1 Å². The third-order valence-corrected chi connectivity index (χ3v) is 8.29. The molecule has 4 atom stereocenters. The molecule has 6 rings (SSSR count). The molecule has 1 N–H and O–H groups in total. The molecule has 3 fully saturated rings. The van der Waals surface area contributed by atoms with Gasteiger partial charge < -0.3 is 9.64 Å². The maximum absolute atomic E-state index is 14.3. The molecule has 3 saturated heterocycles. The zero-order valence-electron chi connectivity index (χ0n) is 21.4. The third kappa shape index (κ3) is 3.98. The fraction of sp³-hybridized carbons (Fsp3) is 0.323. The Morgan fingerprint density at radius 3 is 2.18 bits per heavy atom. The molecule has 7 nitrogen and oxygen atoms in total. The Bertz CT molecular complexity index is 1340. The van der Waals surface area contributed by atoms with Crippen LogP contribution in [0.15, 0.2) is 84.9 Å². The molecule has 0 unspecified atom stereocenters. The Morgan fingerprint density at radius 2 is 1.50 bits per heavy atom. The van der Waals surface area contributed by atoms with E-state index in [1.165, 1.54) is 4.90 Å². The zero-order valence-corrected chi connectivity index (χ0v) is 21.4. The number of carbonyl (C=O) groups excluding carboxylic acids is 3. The minimum absolute atomic E-state index is 0.101. The Hall–Kier alpha value is -3.97. The molecule has 0 aliphatic carbocycles. The predicted octanol–water partition coefficient (Wildman–Crippen LogP) is 3.70. The molecule has 3 heterocycles. The van der Waals surface area contributed by atoms with Gasteiger partial charge in [-0.1, -0.05) is 72.8 Å². The molecule has 7 heteroatoms. The van der Waals surface area contributed by atoms with E-state index in [4.69, 9.17) is 4.74 Å². The number of hydrogen-bond donors (Lipinski definition) is 1. The van der Waals surface area contributed by atoms with Crippen molar-refractivity contribution in [3.63, 3.8) is 0 Å². The van der Waals surface area contributed by atoms with E-state index in [1.54, 1.807) is 7.11 Å². The summed E-state index contributed by atoms with van der Waals surface area (Å²) < 4.78 is 5.27. The highest BCUT2D eigenvalue weighted by molar-refractivity contribution is 6.10. The molecular formula is C31H31N3O4. The Balaban J connectivity index is 1.35. The Kier molecular flexibility index (Phi) is 6.24. The number of benzene rings is 3. The zero-order chi connectivity index (χ0) is 26.3. The number of rotatable bonds is 6. The van der Waals surface area contributed by atoms with Gasteiger partial charge in [-0.2, -0.15) is 0 Å². The van der Waals surface area contributed by atoms with Gasteiger partial charge in [0.15, 0.2) is 0 Å². The van der Waals surface area contributed by atoms with Crippen LogP contribution in [0.4, 0.5) is 0 Å². The van der Waals surface area contributed by atoms with Crippen molar-refractivity contribution in [2.75, 3.05) is 13.7 Å². The molecule has 0 radical (unpaired) electrons. The van der Waals surface area contributed by atoms with Gasteiger partial charge in [-0.3, -0.25) is 24.6 Å². The highest BCUT2D eigenvalue weighted by Crippen LogP contribution is 2.52. The van der Waals surface area contributed by atoms with E-state index in [0.717, 1.165) is 28.9 Å². The van der Waals surface area contributed by atoms with Crippen LogP contribution in [0.3, 0.4) is 0 Å². The normalized spacial score (nSPS) is 26.8. The van der Waals surface area contributed by atoms with Crippen LogP contribution in [0.2, 0.25) is 0 Å². The summed E-state index contributed by atoms with van der Waals surface area (Å²) in [5.74, 6) is -1.17. The summed E-state index contributed by atoms with van der Waals surface area (Å²) in [4.78, 5) is 45.4. The molecule has 38 heavy (non-hydrogen) atoms. The number of imide groups is 1. The molecule has 3 aromatic rings. The van der Waals surface area contributed by atoms with Crippen molar-refractivity contribution in [1.82, 2.24) is 15.1 Å². The van der Waals surface area contributed by atoms with Crippen molar-refractivity contribution in [2.24, 2.45) is 11.8 Å². The van der Waals surface area contributed by atoms with Crippen LogP contribution in [-0.4, -0.2) is 46.7 Å². The summed E-state index contributed by atoms with van der Waals surface area (Å²) in [7, 11) is 1.62. The van der Waals surface area contributed by atoms with Crippen LogP contribution >= 0.6 is 0 Å². The SMILES string of the molecule is COc1ccc(CN2CCC[C@]3(N[C@H](c4ccccc4)[C@@H]4C(=O)N(Cc5ccccc5)C(=O)[C@@H]43)C2=O)cc1. The first-order valence-electron chi connectivity index (χ1n) is 13.2. The van der Waals surface area contributed by atoms with Crippen LogP contribution in [0, 0.1) is 11.8 Å². The van der Waals surface area contributed by atoms with Gasteiger partial charge in [0.25, 0.3) is 0 Å². The number of nitrogens with zero attached hydrogens (tertiary/aromatic N) is 2. The quantitative estimate of drug-likeness (QED) is 0.513. The van der Waals surface area contributed by atoms with Crippen LogP contribution in [0.5, 0.6) is 5.75 Å². The molecule has 0 aromatic heterocycles. The number of likely N-dealkylation sites (tertiary alicyclic amines) is 2. The lowest BCUT2D eigenvalue weighted by molar-refractivity contribution is -0.150. The van der Waals surface area contributed by atoms with Crippen molar-refractivity contribution in [1.29, 1.82) is 0 Å². The smallest absolute Gasteiger partial charge is 0.244 e. The lowest BCUT2D eigenvalue weighted by Gasteiger charge is -2.42. The fourth-order valence-corrected chi connectivity index (χ4v) is 6.50.